The number of hydrogen-bond acceptors (Lipinski definition) is 5. The van der Waals surface area contributed by atoms with Crippen LogP contribution >= 0.6 is 0 Å². The van der Waals surface area contributed by atoms with E-state index in [2.05, 4.69) is 15.6 Å². The topological polar surface area (TPSA) is 73.3 Å². The summed E-state index contributed by atoms with van der Waals surface area (Å²) < 4.78 is 21.7. The van der Waals surface area contributed by atoms with Crippen LogP contribution in [0.4, 0.5) is 0 Å². The Hall–Kier alpha value is -2.15. The quantitative estimate of drug-likeness (QED) is 0.428. The summed E-state index contributed by atoms with van der Waals surface area (Å²) >= 11 is 0. The number of benzene rings is 1. The second-order valence-corrected chi connectivity index (χ2v) is 5.95. The number of hydrogen-bond donors (Lipinski definition) is 2. The highest BCUT2D eigenvalue weighted by Gasteiger charge is 2.16. The molecule has 0 saturated carbocycles. The maximum absolute atomic E-state index is 5.72. The largest absolute Gasteiger partial charge is 0.492 e. The molecule has 0 atom stereocenters. The van der Waals surface area contributed by atoms with Crippen molar-refractivity contribution in [2.24, 2.45) is 4.99 Å². The number of guanidine groups is 1. The summed E-state index contributed by atoms with van der Waals surface area (Å²) in [6.07, 6.45) is 0. The SMILES string of the molecule is CCNC(=NCC(C)(C)OC)NCCOc1ccc2c(c1)OCO2. The minimum Gasteiger partial charge on any atom is -0.492 e. The molecule has 1 aliphatic rings. The van der Waals surface area contributed by atoms with Crippen molar-refractivity contribution in [1.82, 2.24) is 10.6 Å². The molecule has 0 aromatic heterocycles. The van der Waals surface area contributed by atoms with E-state index in [1.165, 1.54) is 0 Å². The Morgan fingerprint density at radius 2 is 2.04 bits per heavy atom. The molecule has 7 heteroatoms. The van der Waals surface area contributed by atoms with Gasteiger partial charge in [0, 0.05) is 19.7 Å². The standard InChI is InChI=1S/C17H27N3O4/c1-5-18-16(20-11-17(2,3)21-4)19-8-9-22-13-6-7-14-15(10-13)24-12-23-14/h6-7,10H,5,8-9,11-12H2,1-4H3,(H2,18,19,20). The van der Waals surface area contributed by atoms with Gasteiger partial charge in [-0.1, -0.05) is 0 Å². The predicted octanol–water partition coefficient (Wildman–Crippen LogP) is 1.77. The molecule has 0 spiro atoms. The zero-order valence-corrected chi connectivity index (χ0v) is 14.8. The van der Waals surface area contributed by atoms with E-state index in [0.717, 1.165) is 29.8 Å². The normalized spacial score (nSPS) is 13.8. The minimum atomic E-state index is -0.286. The van der Waals surface area contributed by atoms with Crippen LogP contribution in [0.5, 0.6) is 17.2 Å². The van der Waals surface area contributed by atoms with E-state index in [9.17, 15) is 0 Å². The third-order valence-corrected chi connectivity index (χ3v) is 3.52. The Morgan fingerprint density at radius 1 is 1.25 bits per heavy atom. The molecule has 0 amide bonds. The number of ether oxygens (including phenoxy) is 4. The van der Waals surface area contributed by atoms with E-state index in [1.54, 1.807) is 7.11 Å². The number of rotatable bonds is 8. The van der Waals surface area contributed by atoms with Crippen LogP contribution < -0.4 is 24.8 Å². The van der Waals surface area contributed by atoms with Crippen molar-refractivity contribution in [3.63, 3.8) is 0 Å². The van der Waals surface area contributed by atoms with Crippen molar-refractivity contribution in [1.29, 1.82) is 0 Å². The predicted molar refractivity (Wildman–Crippen MR) is 93.1 cm³/mol. The maximum Gasteiger partial charge on any atom is 0.231 e. The number of nitrogens with zero attached hydrogens (tertiary/aromatic N) is 1. The first-order chi connectivity index (χ1) is 11.5. The van der Waals surface area contributed by atoms with Gasteiger partial charge in [-0.25, -0.2) is 0 Å². The van der Waals surface area contributed by atoms with Gasteiger partial charge in [0.2, 0.25) is 6.79 Å². The van der Waals surface area contributed by atoms with Gasteiger partial charge in [0.05, 0.1) is 18.7 Å². The van der Waals surface area contributed by atoms with Gasteiger partial charge in [0.15, 0.2) is 17.5 Å². The zero-order chi connectivity index (χ0) is 17.4. The van der Waals surface area contributed by atoms with Gasteiger partial charge in [-0.3, -0.25) is 4.99 Å². The lowest BCUT2D eigenvalue weighted by molar-refractivity contribution is 0.0310. The molecule has 1 aromatic rings. The molecule has 134 valence electrons. The second kappa shape index (κ2) is 8.63. The van der Waals surface area contributed by atoms with Crippen LogP contribution in [-0.4, -0.2) is 51.7 Å². The lowest BCUT2D eigenvalue weighted by Crippen LogP contribution is -2.40. The highest BCUT2D eigenvalue weighted by Crippen LogP contribution is 2.34. The van der Waals surface area contributed by atoms with Crippen LogP contribution in [0.15, 0.2) is 23.2 Å². The van der Waals surface area contributed by atoms with Crippen molar-refractivity contribution in [2.45, 2.75) is 26.4 Å². The van der Waals surface area contributed by atoms with Crippen LogP contribution in [0, 0.1) is 0 Å². The minimum absolute atomic E-state index is 0.265. The van der Waals surface area contributed by atoms with Crippen molar-refractivity contribution in [3.8, 4) is 17.2 Å². The molecule has 0 saturated heterocycles. The van der Waals surface area contributed by atoms with Crippen LogP contribution in [0.2, 0.25) is 0 Å². The average Bonchev–Trinajstić information content (AvgIpc) is 3.04. The highest BCUT2D eigenvalue weighted by molar-refractivity contribution is 5.79. The van der Waals surface area contributed by atoms with E-state index < -0.39 is 0 Å². The fraction of sp³-hybridized carbons (Fsp3) is 0.588. The number of methoxy groups -OCH3 is 1. The number of fused-ring (bicyclic) bond motifs is 1. The van der Waals surface area contributed by atoms with Crippen molar-refractivity contribution in [2.75, 3.05) is 40.1 Å². The summed E-state index contributed by atoms with van der Waals surface area (Å²) in [5, 5.41) is 6.45. The Balaban J connectivity index is 1.77. The first-order valence-corrected chi connectivity index (χ1v) is 8.14. The molecule has 0 fully saturated rings. The first kappa shape index (κ1) is 18.2. The molecular weight excluding hydrogens is 310 g/mol. The smallest absolute Gasteiger partial charge is 0.231 e. The number of aliphatic imine (C=N–C) groups is 1. The molecule has 0 radical (unpaired) electrons. The molecule has 0 bridgehead atoms. The van der Waals surface area contributed by atoms with Gasteiger partial charge < -0.3 is 29.6 Å². The lowest BCUT2D eigenvalue weighted by atomic mass is 10.1. The van der Waals surface area contributed by atoms with E-state index in [4.69, 9.17) is 18.9 Å². The summed E-state index contributed by atoms with van der Waals surface area (Å²) in [4.78, 5) is 4.53. The number of nitrogens with one attached hydrogen (secondary N) is 2. The molecule has 2 rings (SSSR count). The molecule has 0 unspecified atom stereocenters. The summed E-state index contributed by atoms with van der Waals surface area (Å²) in [5.74, 6) is 2.97. The van der Waals surface area contributed by atoms with E-state index >= 15 is 0 Å². The first-order valence-electron chi connectivity index (χ1n) is 8.14. The van der Waals surface area contributed by atoms with Crippen LogP contribution in [0.1, 0.15) is 20.8 Å². The van der Waals surface area contributed by atoms with Gasteiger partial charge in [-0.05, 0) is 32.9 Å². The lowest BCUT2D eigenvalue weighted by Gasteiger charge is -2.21. The molecule has 1 aromatic carbocycles. The Morgan fingerprint density at radius 3 is 2.79 bits per heavy atom. The van der Waals surface area contributed by atoms with Gasteiger partial charge in [0.1, 0.15) is 12.4 Å². The van der Waals surface area contributed by atoms with E-state index in [0.29, 0.717) is 19.7 Å². The summed E-state index contributed by atoms with van der Waals surface area (Å²) in [6, 6.07) is 5.56. The molecular formula is C17H27N3O4. The molecule has 7 nitrogen and oxygen atoms in total. The third kappa shape index (κ3) is 5.49. The van der Waals surface area contributed by atoms with Crippen molar-refractivity contribution < 1.29 is 18.9 Å². The fourth-order valence-corrected chi connectivity index (χ4v) is 1.98. The second-order valence-electron chi connectivity index (χ2n) is 5.95. The van der Waals surface area contributed by atoms with Gasteiger partial charge >= 0.3 is 0 Å². The monoisotopic (exact) mass is 337 g/mol. The van der Waals surface area contributed by atoms with E-state index in [-0.39, 0.29) is 12.4 Å². The fourth-order valence-electron chi connectivity index (χ4n) is 1.98. The van der Waals surface area contributed by atoms with Crippen LogP contribution in [0.3, 0.4) is 0 Å². The van der Waals surface area contributed by atoms with Gasteiger partial charge in [-0.15, -0.1) is 0 Å². The summed E-state index contributed by atoms with van der Waals surface area (Å²) in [5.41, 5.74) is -0.286. The Labute approximate surface area is 143 Å². The summed E-state index contributed by atoms with van der Waals surface area (Å²) in [7, 11) is 1.69. The molecule has 2 N–H and O–H groups in total. The molecule has 1 heterocycles. The zero-order valence-electron chi connectivity index (χ0n) is 14.8. The van der Waals surface area contributed by atoms with Crippen LogP contribution in [0.25, 0.3) is 0 Å². The van der Waals surface area contributed by atoms with Gasteiger partial charge in [-0.2, -0.15) is 0 Å². The molecule has 0 aliphatic carbocycles. The van der Waals surface area contributed by atoms with Crippen molar-refractivity contribution >= 4 is 5.96 Å². The maximum atomic E-state index is 5.72. The van der Waals surface area contributed by atoms with Crippen molar-refractivity contribution in [3.05, 3.63) is 18.2 Å². The van der Waals surface area contributed by atoms with E-state index in [1.807, 2.05) is 39.0 Å². The Kier molecular flexibility index (Phi) is 6.54. The Bertz CT molecular complexity index is 561. The van der Waals surface area contributed by atoms with Gasteiger partial charge in [0.25, 0.3) is 0 Å². The molecule has 24 heavy (non-hydrogen) atoms. The highest BCUT2D eigenvalue weighted by atomic mass is 16.7. The molecule has 1 aliphatic heterocycles. The summed E-state index contributed by atoms with van der Waals surface area (Å²) in [6.45, 7) is 8.81. The average molecular weight is 337 g/mol. The van der Waals surface area contributed by atoms with Crippen LogP contribution in [-0.2, 0) is 4.74 Å². The third-order valence-electron chi connectivity index (χ3n) is 3.52.